The summed E-state index contributed by atoms with van der Waals surface area (Å²) in [5.41, 5.74) is 1.17. The van der Waals surface area contributed by atoms with Gasteiger partial charge in [-0.1, -0.05) is 0 Å². The lowest BCUT2D eigenvalue weighted by Crippen LogP contribution is -2.41. The number of alkyl halides is 1. The van der Waals surface area contributed by atoms with Gasteiger partial charge in [0, 0.05) is 6.54 Å². The number of aromatic nitrogens is 2. The molecule has 1 saturated heterocycles. The van der Waals surface area contributed by atoms with Gasteiger partial charge in [0.1, 0.15) is 5.69 Å². The number of nitrogens with zero attached hydrogens (tertiary/aromatic N) is 2. The minimum Gasteiger partial charge on any atom is -0.345 e. The Labute approximate surface area is 117 Å². The summed E-state index contributed by atoms with van der Waals surface area (Å²) < 4.78 is 24.5. The number of carbonyl (C=O) groups is 1. The van der Waals surface area contributed by atoms with Crippen molar-refractivity contribution in [2.75, 3.05) is 11.5 Å². The van der Waals surface area contributed by atoms with E-state index in [4.69, 9.17) is 11.6 Å². The fraction of sp³-hybridized carbons (Fsp3) is 0.636. The SMILES string of the molecule is CCn1nc(C)cc1C(=O)NC1CS(=O)(=O)CC1Cl. The van der Waals surface area contributed by atoms with E-state index < -0.39 is 21.3 Å². The second-order valence-electron chi connectivity index (χ2n) is 4.66. The number of rotatable bonds is 3. The molecule has 2 unspecified atom stereocenters. The number of halogens is 1. The summed E-state index contributed by atoms with van der Waals surface area (Å²) in [6.45, 7) is 4.25. The Balaban J connectivity index is 2.13. The Morgan fingerprint density at radius 2 is 2.26 bits per heavy atom. The van der Waals surface area contributed by atoms with Crippen molar-refractivity contribution >= 4 is 27.3 Å². The van der Waals surface area contributed by atoms with Crippen molar-refractivity contribution in [3.05, 3.63) is 17.5 Å². The second-order valence-corrected chi connectivity index (χ2v) is 7.37. The molecule has 2 atom stereocenters. The van der Waals surface area contributed by atoms with E-state index in [1.807, 2.05) is 6.92 Å². The van der Waals surface area contributed by atoms with Crippen LogP contribution in [0.3, 0.4) is 0 Å². The van der Waals surface area contributed by atoms with Crippen molar-refractivity contribution in [3.63, 3.8) is 0 Å². The van der Waals surface area contributed by atoms with Gasteiger partial charge in [-0.2, -0.15) is 5.10 Å². The van der Waals surface area contributed by atoms with Crippen molar-refractivity contribution in [3.8, 4) is 0 Å². The van der Waals surface area contributed by atoms with Crippen LogP contribution in [0.1, 0.15) is 23.1 Å². The summed E-state index contributed by atoms with van der Waals surface area (Å²) in [5.74, 6) is -0.534. The van der Waals surface area contributed by atoms with Crippen LogP contribution in [-0.4, -0.2) is 47.0 Å². The van der Waals surface area contributed by atoms with E-state index in [0.29, 0.717) is 12.2 Å². The fourth-order valence-electron chi connectivity index (χ4n) is 2.15. The van der Waals surface area contributed by atoms with E-state index in [1.54, 1.807) is 17.7 Å². The number of aryl methyl sites for hydroxylation is 2. The molecule has 1 fully saturated rings. The maximum absolute atomic E-state index is 12.1. The van der Waals surface area contributed by atoms with Crippen molar-refractivity contribution in [1.82, 2.24) is 15.1 Å². The molecule has 0 radical (unpaired) electrons. The van der Waals surface area contributed by atoms with Crippen LogP contribution in [0.4, 0.5) is 0 Å². The molecule has 2 rings (SSSR count). The van der Waals surface area contributed by atoms with Crippen LogP contribution in [0.2, 0.25) is 0 Å². The zero-order chi connectivity index (χ0) is 14.2. The summed E-state index contributed by atoms with van der Waals surface area (Å²) >= 11 is 5.96. The second kappa shape index (κ2) is 5.13. The highest BCUT2D eigenvalue weighted by atomic mass is 35.5. The largest absolute Gasteiger partial charge is 0.345 e. The number of hydrogen-bond donors (Lipinski definition) is 1. The van der Waals surface area contributed by atoms with Crippen LogP contribution in [0.5, 0.6) is 0 Å². The summed E-state index contributed by atoms with van der Waals surface area (Å²) in [5, 5.41) is 6.28. The van der Waals surface area contributed by atoms with Crippen molar-refractivity contribution in [2.24, 2.45) is 0 Å². The van der Waals surface area contributed by atoms with E-state index in [1.165, 1.54) is 0 Å². The third kappa shape index (κ3) is 3.09. The first-order valence-electron chi connectivity index (χ1n) is 6.02. The van der Waals surface area contributed by atoms with E-state index in [2.05, 4.69) is 10.4 Å². The van der Waals surface area contributed by atoms with E-state index in [9.17, 15) is 13.2 Å². The molecule has 1 amide bonds. The molecule has 106 valence electrons. The molecular formula is C11H16ClN3O3S. The molecule has 1 N–H and O–H groups in total. The van der Waals surface area contributed by atoms with Crippen LogP contribution in [-0.2, 0) is 16.4 Å². The molecule has 1 aliphatic rings. The Bertz CT molecular complexity index is 596. The molecule has 0 aliphatic carbocycles. The standard InChI is InChI=1S/C11H16ClN3O3S/c1-3-15-10(4-7(2)14-15)11(16)13-9-6-19(17,18)5-8(9)12/h4,8-9H,3,5-6H2,1-2H3,(H,13,16). The lowest BCUT2D eigenvalue weighted by molar-refractivity contribution is 0.0931. The summed E-state index contributed by atoms with van der Waals surface area (Å²) in [7, 11) is -3.15. The summed E-state index contributed by atoms with van der Waals surface area (Å²) in [4.78, 5) is 12.1. The van der Waals surface area contributed by atoms with E-state index in [-0.39, 0.29) is 17.4 Å². The van der Waals surface area contributed by atoms with Gasteiger partial charge in [-0.3, -0.25) is 9.48 Å². The Morgan fingerprint density at radius 3 is 2.79 bits per heavy atom. The minimum absolute atomic E-state index is 0.0917. The molecule has 1 aromatic heterocycles. The van der Waals surface area contributed by atoms with Crippen LogP contribution >= 0.6 is 11.6 Å². The number of hydrogen-bond acceptors (Lipinski definition) is 4. The predicted molar refractivity (Wildman–Crippen MR) is 72.2 cm³/mol. The van der Waals surface area contributed by atoms with Gasteiger partial charge in [-0.05, 0) is 19.9 Å². The Morgan fingerprint density at radius 1 is 1.58 bits per heavy atom. The average Bonchev–Trinajstić information content (AvgIpc) is 2.79. The maximum Gasteiger partial charge on any atom is 0.269 e. The fourth-order valence-corrected chi connectivity index (χ4v) is 4.70. The molecule has 1 aliphatic heterocycles. The molecule has 19 heavy (non-hydrogen) atoms. The number of carbonyl (C=O) groups excluding carboxylic acids is 1. The molecule has 1 aromatic rings. The van der Waals surface area contributed by atoms with E-state index >= 15 is 0 Å². The first kappa shape index (κ1) is 14.3. The first-order valence-corrected chi connectivity index (χ1v) is 8.28. The monoisotopic (exact) mass is 305 g/mol. The Hall–Kier alpha value is -1.08. The molecular weight excluding hydrogens is 290 g/mol. The first-order chi connectivity index (χ1) is 8.82. The molecule has 2 heterocycles. The minimum atomic E-state index is -3.15. The van der Waals surface area contributed by atoms with Gasteiger partial charge in [0.15, 0.2) is 9.84 Å². The third-order valence-electron chi connectivity index (χ3n) is 3.03. The van der Waals surface area contributed by atoms with Crippen LogP contribution in [0.15, 0.2) is 6.07 Å². The molecule has 8 heteroatoms. The highest BCUT2D eigenvalue weighted by molar-refractivity contribution is 7.91. The van der Waals surface area contributed by atoms with Gasteiger partial charge in [-0.15, -0.1) is 11.6 Å². The van der Waals surface area contributed by atoms with Crippen LogP contribution in [0, 0.1) is 6.92 Å². The molecule has 0 spiro atoms. The van der Waals surface area contributed by atoms with Crippen molar-refractivity contribution in [1.29, 1.82) is 0 Å². The number of amides is 1. The zero-order valence-electron chi connectivity index (χ0n) is 10.8. The lowest BCUT2D eigenvalue weighted by atomic mass is 10.2. The highest BCUT2D eigenvalue weighted by Crippen LogP contribution is 2.18. The number of sulfone groups is 1. The van der Waals surface area contributed by atoms with Crippen LogP contribution in [0.25, 0.3) is 0 Å². The molecule has 0 saturated carbocycles. The van der Waals surface area contributed by atoms with Gasteiger partial charge in [0.25, 0.3) is 5.91 Å². The summed E-state index contributed by atoms with van der Waals surface area (Å²) in [6.07, 6.45) is 0. The van der Waals surface area contributed by atoms with Gasteiger partial charge >= 0.3 is 0 Å². The van der Waals surface area contributed by atoms with Crippen molar-refractivity contribution in [2.45, 2.75) is 31.8 Å². The normalized spacial score (nSPS) is 25.4. The predicted octanol–water partition coefficient (Wildman–Crippen LogP) is 0.346. The van der Waals surface area contributed by atoms with Crippen LogP contribution < -0.4 is 5.32 Å². The summed E-state index contributed by atoms with van der Waals surface area (Å²) in [6, 6.07) is 1.13. The quantitative estimate of drug-likeness (QED) is 0.817. The zero-order valence-corrected chi connectivity index (χ0v) is 12.3. The van der Waals surface area contributed by atoms with Gasteiger partial charge in [0.2, 0.25) is 0 Å². The van der Waals surface area contributed by atoms with Gasteiger partial charge in [-0.25, -0.2) is 8.42 Å². The van der Waals surface area contributed by atoms with Gasteiger partial charge in [0.05, 0.1) is 28.6 Å². The van der Waals surface area contributed by atoms with E-state index in [0.717, 1.165) is 5.69 Å². The van der Waals surface area contributed by atoms with Crippen molar-refractivity contribution < 1.29 is 13.2 Å². The molecule has 0 aromatic carbocycles. The molecule has 0 bridgehead atoms. The third-order valence-corrected chi connectivity index (χ3v) is 5.41. The Kier molecular flexibility index (Phi) is 3.87. The average molecular weight is 306 g/mol. The topological polar surface area (TPSA) is 81.1 Å². The van der Waals surface area contributed by atoms with Gasteiger partial charge < -0.3 is 5.32 Å². The molecule has 6 nitrogen and oxygen atoms in total. The number of nitrogens with one attached hydrogen (secondary N) is 1. The lowest BCUT2D eigenvalue weighted by Gasteiger charge is -2.14. The highest BCUT2D eigenvalue weighted by Gasteiger charge is 2.37. The maximum atomic E-state index is 12.1. The smallest absolute Gasteiger partial charge is 0.269 e.